The Morgan fingerprint density at radius 2 is 2.05 bits per heavy atom. The molecule has 0 unspecified atom stereocenters. The van der Waals surface area contributed by atoms with Gasteiger partial charge < -0.3 is 5.11 Å². The minimum absolute atomic E-state index is 0.425. The summed E-state index contributed by atoms with van der Waals surface area (Å²) >= 11 is 3.47. The van der Waals surface area contributed by atoms with E-state index in [0.29, 0.717) is 12.0 Å². The second-order valence-corrected chi connectivity index (χ2v) is 5.70. The molecule has 0 fully saturated rings. The van der Waals surface area contributed by atoms with E-state index in [4.69, 9.17) is 5.11 Å². The van der Waals surface area contributed by atoms with E-state index in [1.807, 2.05) is 32.9 Å². The van der Waals surface area contributed by atoms with Crippen molar-refractivity contribution in [2.75, 3.05) is 0 Å². The molecule has 0 radical (unpaired) electrons. The molecule has 2 rings (SSSR count). The number of rotatable bonds is 3. The summed E-state index contributed by atoms with van der Waals surface area (Å²) in [5.74, 6) is -1.31. The Bertz CT molecular complexity index is 758. The van der Waals surface area contributed by atoms with Crippen molar-refractivity contribution < 1.29 is 9.90 Å². The molecule has 0 aliphatic heterocycles. The molecular formula is C15H15BrN2O3. The quantitative estimate of drug-likeness (QED) is 0.923. The molecule has 0 saturated carbocycles. The van der Waals surface area contributed by atoms with Gasteiger partial charge in [0.15, 0.2) is 0 Å². The number of halogens is 1. The molecule has 2 aromatic rings. The van der Waals surface area contributed by atoms with E-state index >= 15 is 0 Å². The summed E-state index contributed by atoms with van der Waals surface area (Å²) in [4.78, 5) is 23.2. The molecular weight excluding hydrogens is 336 g/mol. The minimum Gasteiger partial charge on any atom is -0.476 e. The van der Waals surface area contributed by atoms with Gasteiger partial charge in [-0.1, -0.05) is 13.0 Å². The Hall–Kier alpha value is -1.95. The molecule has 0 bridgehead atoms. The molecule has 1 aromatic heterocycles. The zero-order valence-electron chi connectivity index (χ0n) is 12.0. The van der Waals surface area contributed by atoms with Crippen LogP contribution >= 0.6 is 15.9 Å². The number of benzene rings is 1. The van der Waals surface area contributed by atoms with Gasteiger partial charge in [-0.2, -0.15) is 5.10 Å². The van der Waals surface area contributed by atoms with Crippen molar-refractivity contribution in [1.82, 2.24) is 9.78 Å². The maximum Gasteiger partial charge on any atom is 0.360 e. The highest BCUT2D eigenvalue weighted by Crippen LogP contribution is 2.25. The number of carboxylic acids is 1. The molecule has 1 heterocycles. The lowest BCUT2D eigenvalue weighted by Crippen LogP contribution is -2.25. The van der Waals surface area contributed by atoms with Crippen LogP contribution in [0.5, 0.6) is 0 Å². The Kier molecular flexibility index (Phi) is 4.27. The molecule has 0 aliphatic carbocycles. The molecule has 1 aromatic carbocycles. The molecule has 1 N–H and O–H groups in total. The second kappa shape index (κ2) is 5.81. The number of hydrogen-bond acceptors (Lipinski definition) is 3. The smallest absolute Gasteiger partial charge is 0.360 e. The predicted octanol–water partition coefficient (Wildman–Crippen LogP) is 2.87. The Morgan fingerprint density at radius 3 is 2.57 bits per heavy atom. The van der Waals surface area contributed by atoms with Crippen LogP contribution in [0.1, 0.15) is 34.1 Å². The maximum atomic E-state index is 12.0. The second-order valence-electron chi connectivity index (χ2n) is 4.85. The fourth-order valence-electron chi connectivity index (χ4n) is 2.24. The Balaban J connectivity index is 2.79. The van der Waals surface area contributed by atoms with Crippen LogP contribution < -0.4 is 5.43 Å². The molecule has 0 saturated heterocycles. The maximum absolute atomic E-state index is 12.0. The van der Waals surface area contributed by atoms with Crippen LogP contribution in [0, 0.1) is 13.8 Å². The Morgan fingerprint density at radius 1 is 1.38 bits per heavy atom. The summed E-state index contributed by atoms with van der Waals surface area (Å²) in [6, 6.07) is 3.90. The average Bonchev–Trinajstić information content (AvgIpc) is 2.38. The third-order valence-corrected chi connectivity index (χ3v) is 3.81. The summed E-state index contributed by atoms with van der Waals surface area (Å²) in [5, 5.41) is 13.1. The van der Waals surface area contributed by atoms with Crippen LogP contribution in [0.3, 0.4) is 0 Å². The van der Waals surface area contributed by atoms with Gasteiger partial charge in [0.05, 0.1) is 5.69 Å². The van der Waals surface area contributed by atoms with Gasteiger partial charge in [-0.25, -0.2) is 9.48 Å². The van der Waals surface area contributed by atoms with Crippen LogP contribution in [0.2, 0.25) is 0 Å². The zero-order valence-corrected chi connectivity index (χ0v) is 13.6. The molecule has 21 heavy (non-hydrogen) atoms. The van der Waals surface area contributed by atoms with Crippen molar-refractivity contribution in [1.29, 1.82) is 0 Å². The third kappa shape index (κ3) is 2.90. The SMILES string of the molecule is CCc1cn(-c2c(C)cc(C)cc2Br)nc(C(=O)O)c1=O. The van der Waals surface area contributed by atoms with Crippen LogP contribution in [0.15, 0.2) is 27.6 Å². The largest absolute Gasteiger partial charge is 0.476 e. The van der Waals surface area contributed by atoms with E-state index in [-0.39, 0.29) is 0 Å². The van der Waals surface area contributed by atoms with Crippen molar-refractivity contribution >= 4 is 21.9 Å². The van der Waals surface area contributed by atoms with E-state index in [1.165, 1.54) is 4.68 Å². The first-order valence-corrected chi connectivity index (χ1v) is 7.27. The van der Waals surface area contributed by atoms with Gasteiger partial charge in [-0.05, 0) is 53.4 Å². The Labute approximate surface area is 130 Å². The summed E-state index contributed by atoms with van der Waals surface area (Å²) in [7, 11) is 0. The van der Waals surface area contributed by atoms with Gasteiger partial charge in [0, 0.05) is 16.2 Å². The number of aromatic nitrogens is 2. The topological polar surface area (TPSA) is 72.2 Å². The van der Waals surface area contributed by atoms with Crippen LogP contribution in [-0.4, -0.2) is 20.9 Å². The molecule has 0 aliphatic rings. The van der Waals surface area contributed by atoms with Crippen LogP contribution in [0.4, 0.5) is 0 Å². The number of hydrogen-bond donors (Lipinski definition) is 1. The van der Waals surface area contributed by atoms with Crippen LogP contribution in [0.25, 0.3) is 5.69 Å². The highest BCUT2D eigenvalue weighted by Gasteiger charge is 2.17. The van der Waals surface area contributed by atoms with Crippen molar-refractivity contribution in [3.8, 4) is 5.69 Å². The third-order valence-electron chi connectivity index (χ3n) is 3.20. The van der Waals surface area contributed by atoms with Gasteiger partial charge in [-0.15, -0.1) is 0 Å². The van der Waals surface area contributed by atoms with Crippen molar-refractivity contribution in [3.63, 3.8) is 0 Å². The normalized spacial score (nSPS) is 10.7. The lowest BCUT2D eigenvalue weighted by Gasteiger charge is -2.14. The van der Waals surface area contributed by atoms with Crippen molar-refractivity contribution in [2.45, 2.75) is 27.2 Å². The number of carboxylic acid groups (broad SMARTS) is 1. The van der Waals surface area contributed by atoms with E-state index in [1.54, 1.807) is 6.20 Å². The lowest BCUT2D eigenvalue weighted by molar-refractivity contribution is 0.0686. The first kappa shape index (κ1) is 15.4. The molecule has 0 spiro atoms. The van der Waals surface area contributed by atoms with E-state index in [9.17, 15) is 9.59 Å². The summed E-state index contributed by atoms with van der Waals surface area (Å²) in [6.07, 6.45) is 2.04. The average molecular weight is 351 g/mol. The van der Waals surface area contributed by atoms with E-state index in [2.05, 4.69) is 21.0 Å². The molecule has 110 valence electrons. The molecule has 0 amide bonds. The van der Waals surface area contributed by atoms with Gasteiger partial charge in [0.1, 0.15) is 0 Å². The summed E-state index contributed by atoms with van der Waals surface area (Å²) in [6.45, 7) is 5.70. The molecule has 0 atom stereocenters. The van der Waals surface area contributed by atoms with E-state index < -0.39 is 17.1 Å². The van der Waals surface area contributed by atoms with Gasteiger partial charge >= 0.3 is 5.97 Å². The number of nitrogens with zero attached hydrogens (tertiary/aromatic N) is 2. The monoisotopic (exact) mass is 350 g/mol. The van der Waals surface area contributed by atoms with Gasteiger partial charge in [0.2, 0.25) is 11.1 Å². The van der Waals surface area contributed by atoms with E-state index in [0.717, 1.165) is 21.3 Å². The molecule has 6 heteroatoms. The van der Waals surface area contributed by atoms with Crippen LogP contribution in [-0.2, 0) is 6.42 Å². The summed E-state index contributed by atoms with van der Waals surface area (Å²) < 4.78 is 2.26. The van der Waals surface area contributed by atoms with Gasteiger partial charge in [-0.3, -0.25) is 4.79 Å². The van der Waals surface area contributed by atoms with Gasteiger partial charge in [0.25, 0.3) is 0 Å². The predicted molar refractivity (Wildman–Crippen MR) is 83.3 cm³/mol. The lowest BCUT2D eigenvalue weighted by atomic mass is 10.1. The number of aryl methyl sites for hydroxylation is 3. The fraction of sp³-hybridized carbons (Fsp3) is 0.267. The standard InChI is InChI=1S/C15H15BrN2O3/c1-4-10-7-18(17-12(14(10)19)15(20)21)13-9(3)5-8(2)6-11(13)16/h5-7H,4H2,1-3H3,(H,20,21). The summed E-state index contributed by atoms with van der Waals surface area (Å²) in [5.41, 5.74) is 2.20. The highest BCUT2D eigenvalue weighted by molar-refractivity contribution is 9.10. The number of carbonyl (C=O) groups is 1. The first-order chi connectivity index (χ1) is 9.85. The number of aromatic carboxylic acids is 1. The first-order valence-electron chi connectivity index (χ1n) is 6.48. The zero-order chi connectivity index (χ0) is 15.7. The highest BCUT2D eigenvalue weighted by atomic mass is 79.9. The molecule has 5 nitrogen and oxygen atoms in total. The van der Waals surface area contributed by atoms with Crippen molar-refractivity contribution in [2.24, 2.45) is 0 Å². The van der Waals surface area contributed by atoms with Crippen molar-refractivity contribution in [3.05, 3.63) is 55.4 Å². The fourth-order valence-corrected chi connectivity index (χ4v) is 3.10. The minimum atomic E-state index is -1.31.